The van der Waals surface area contributed by atoms with Gasteiger partial charge in [-0.25, -0.2) is 9.18 Å². The number of hydrogen-bond donors (Lipinski definition) is 0. The van der Waals surface area contributed by atoms with Crippen LogP contribution in [0.1, 0.15) is 26.3 Å². The molecule has 0 radical (unpaired) electrons. The van der Waals surface area contributed by atoms with Crippen molar-refractivity contribution in [2.75, 3.05) is 0 Å². The normalized spacial score (nSPS) is 11.5. The summed E-state index contributed by atoms with van der Waals surface area (Å²) in [6.45, 7) is 5.56. The predicted molar refractivity (Wildman–Crippen MR) is 92.1 cm³/mol. The Morgan fingerprint density at radius 3 is 2.60 bits per heavy atom. The van der Waals surface area contributed by atoms with Crippen molar-refractivity contribution in [2.45, 2.75) is 33.0 Å². The van der Waals surface area contributed by atoms with Crippen molar-refractivity contribution >= 4 is 17.0 Å². The van der Waals surface area contributed by atoms with Gasteiger partial charge in [0.2, 0.25) is 0 Å². The van der Waals surface area contributed by atoms with Crippen LogP contribution >= 0.6 is 0 Å². The summed E-state index contributed by atoms with van der Waals surface area (Å²) in [7, 11) is 0. The molecule has 1 aromatic heterocycles. The number of benzene rings is 2. The number of halogens is 1. The number of carbonyl (C=O) groups excluding carboxylic acids is 1. The fraction of sp³-hybridized carbons (Fsp3) is 0.263. The Bertz CT molecular complexity index is 898. The van der Waals surface area contributed by atoms with Gasteiger partial charge in [-0.15, -0.1) is 0 Å². The topological polar surface area (TPSA) is 53.4 Å². The Labute approximate surface area is 145 Å². The fourth-order valence-electron chi connectivity index (χ4n) is 2.33. The van der Waals surface area contributed by atoms with Gasteiger partial charge in [0.05, 0.1) is 17.1 Å². The van der Waals surface area contributed by atoms with Crippen LogP contribution in [0.15, 0.2) is 48.7 Å². The number of aromatic nitrogens is 2. The minimum absolute atomic E-state index is 0.234. The Kier molecular flexibility index (Phi) is 4.44. The molecule has 0 fully saturated rings. The Morgan fingerprint density at radius 2 is 1.92 bits per heavy atom. The van der Waals surface area contributed by atoms with Crippen LogP contribution < -0.4 is 4.74 Å². The van der Waals surface area contributed by atoms with Crippen molar-refractivity contribution in [1.29, 1.82) is 0 Å². The van der Waals surface area contributed by atoms with E-state index in [9.17, 15) is 9.18 Å². The van der Waals surface area contributed by atoms with E-state index < -0.39 is 17.5 Å². The van der Waals surface area contributed by atoms with Crippen molar-refractivity contribution in [1.82, 2.24) is 9.78 Å². The van der Waals surface area contributed by atoms with Gasteiger partial charge in [-0.3, -0.25) is 0 Å². The maximum absolute atomic E-state index is 14.3. The third kappa shape index (κ3) is 3.96. The molecule has 0 aliphatic heterocycles. The summed E-state index contributed by atoms with van der Waals surface area (Å²) in [6.07, 6.45) is 0.636. The Balaban J connectivity index is 1.89. The lowest BCUT2D eigenvalue weighted by atomic mass is 10.2. The molecule has 6 heteroatoms. The van der Waals surface area contributed by atoms with Gasteiger partial charge in [0, 0.05) is 12.1 Å². The molecule has 0 aliphatic carbocycles. The monoisotopic (exact) mass is 342 g/mol. The summed E-state index contributed by atoms with van der Waals surface area (Å²) < 4.78 is 26.3. The molecule has 2 aromatic carbocycles. The number of fused-ring (bicyclic) bond motifs is 1. The van der Waals surface area contributed by atoms with Crippen molar-refractivity contribution in [3.8, 4) is 5.75 Å². The van der Waals surface area contributed by atoms with Gasteiger partial charge in [0.25, 0.3) is 0 Å². The second kappa shape index (κ2) is 6.55. The SMILES string of the molecule is CC(C)(C)OC(=O)n1ncc2c(F)cc(OCc3ccccc3)cc21. The first-order chi connectivity index (χ1) is 11.8. The summed E-state index contributed by atoms with van der Waals surface area (Å²) >= 11 is 0. The van der Waals surface area contributed by atoms with Gasteiger partial charge in [0.15, 0.2) is 0 Å². The lowest BCUT2D eigenvalue weighted by Gasteiger charge is -2.19. The predicted octanol–water partition coefficient (Wildman–Crippen LogP) is 4.54. The summed E-state index contributed by atoms with van der Waals surface area (Å²) in [5.41, 5.74) is 0.593. The maximum Gasteiger partial charge on any atom is 0.435 e. The highest BCUT2D eigenvalue weighted by molar-refractivity contribution is 5.89. The van der Waals surface area contributed by atoms with E-state index in [1.807, 2.05) is 30.3 Å². The Morgan fingerprint density at radius 1 is 1.20 bits per heavy atom. The zero-order chi connectivity index (χ0) is 18.0. The first-order valence-electron chi connectivity index (χ1n) is 7.91. The number of rotatable bonds is 3. The van der Waals surface area contributed by atoms with Gasteiger partial charge in [-0.2, -0.15) is 9.78 Å². The number of ether oxygens (including phenoxy) is 2. The number of nitrogens with zero attached hydrogens (tertiary/aromatic N) is 2. The summed E-state index contributed by atoms with van der Waals surface area (Å²) in [5.74, 6) is -0.186. The van der Waals surface area contributed by atoms with Crippen molar-refractivity contribution in [3.63, 3.8) is 0 Å². The molecular weight excluding hydrogens is 323 g/mol. The number of carbonyl (C=O) groups is 1. The average Bonchev–Trinajstić information content (AvgIpc) is 2.97. The van der Waals surface area contributed by atoms with E-state index in [4.69, 9.17) is 9.47 Å². The van der Waals surface area contributed by atoms with Crippen LogP contribution in [-0.2, 0) is 11.3 Å². The van der Waals surface area contributed by atoms with Crippen molar-refractivity contribution in [2.24, 2.45) is 0 Å². The second-order valence-electron chi connectivity index (χ2n) is 6.65. The molecule has 0 saturated heterocycles. The van der Waals surface area contributed by atoms with Crippen LogP contribution in [0, 0.1) is 5.82 Å². The van der Waals surface area contributed by atoms with E-state index in [-0.39, 0.29) is 5.39 Å². The van der Waals surface area contributed by atoms with E-state index in [0.717, 1.165) is 10.2 Å². The molecule has 3 rings (SSSR count). The first-order valence-corrected chi connectivity index (χ1v) is 7.91. The molecule has 1 heterocycles. The van der Waals surface area contributed by atoms with Crippen LogP contribution in [0.25, 0.3) is 10.9 Å². The molecule has 0 aliphatic rings. The molecule has 25 heavy (non-hydrogen) atoms. The zero-order valence-electron chi connectivity index (χ0n) is 14.3. The lowest BCUT2D eigenvalue weighted by Crippen LogP contribution is -2.27. The maximum atomic E-state index is 14.3. The first kappa shape index (κ1) is 17.0. The third-order valence-corrected chi connectivity index (χ3v) is 3.43. The molecule has 5 nitrogen and oxygen atoms in total. The third-order valence-electron chi connectivity index (χ3n) is 3.43. The summed E-state index contributed by atoms with van der Waals surface area (Å²) in [6, 6.07) is 12.4. The average molecular weight is 342 g/mol. The van der Waals surface area contributed by atoms with Gasteiger partial charge < -0.3 is 9.47 Å². The molecule has 0 N–H and O–H groups in total. The highest BCUT2D eigenvalue weighted by Crippen LogP contribution is 2.25. The smallest absolute Gasteiger partial charge is 0.435 e. The number of hydrogen-bond acceptors (Lipinski definition) is 4. The molecule has 0 spiro atoms. The largest absolute Gasteiger partial charge is 0.489 e. The molecule has 130 valence electrons. The van der Waals surface area contributed by atoms with Crippen molar-refractivity contribution in [3.05, 3.63) is 60.0 Å². The van der Waals surface area contributed by atoms with Gasteiger partial charge in [0.1, 0.15) is 23.8 Å². The van der Waals surface area contributed by atoms with E-state index in [1.54, 1.807) is 26.8 Å². The van der Waals surface area contributed by atoms with Gasteiger partial charge in [-0.1, -0.05) is 30.3 Å². The molecule has 0 unspecified atom stereocenters. The van der Waals surface area contributed by atoms with Crippen LogP contribution in [0.2, 0.25) is 0 Å². The summed E-state index contributed by atoms with van der Waals surface area (Å²) in [5, 5.41) is 4.18. The quantitative estimate of drug-likeness (QED) is 0.701. The highest BCUT2D eigenvalue weighted by Gasteiger charge is 2.21. The molecule has 3 aromatic rings. The second-order valence-corrected chi connectivity index (χ2v) is 6.65. The highest BCUT2D eigenvalue weighted by atomic mass is 19.1. The fourth-order valence-corrected chi connectivity index (χ4v) is 2.33. The van der Waals surface area contributed by atoms with Gasteiger partial charge in [-0.05, 0) is 26.3 Å². The standard InChI is InChI=1S/C19H19FN2O3/c1-19(2,3)25-18(23)22-17-10-14(9-16(20)15(17)11-21-22)24-12-13-7-5-4-6-8-13/h4-11H,12H2,1-3H3. The molecule has 0 amide bonds. The zero-order valence-corrected chi connectivity index (χ0v) is 14.3. The molecule has 0 atom stereocenters. The lowest BCUT2D eigenvalue weighted by molar-refractivity contribution is 0.0522. The van der Waals surface area contributed by atoms with Crippen LogP contribution in [0.4, 0.5) is 9.18 Å². The summed E-state index contributed by atoms with van der Waals surface area (Å²) in [4.78, 5) is 12.3. The van der Waals surface area contributed by atoms with Crippen LogP contribution in [0.5, 0.6) is 5.75 Å². The van der Waals surface area contributed by atoms with Crippen molar-refractivity contribution < 1.29 is 18.7 Å². The molecular formula is C19H19FN2O3. The van der Waals surface area contributed by atoms with E-state index >= 15 is 0 Å². The Hall–Kier alpha value is -2.89. The minimum atomic E-state index is -0.671. The molecule has 0 saturated carbocycles. The van der Waals surface area contributed by atoms with Gasteiger partial charge >= 0.3 is 6.09 Å². The molecule has 0 bridgehead atoms. The van der Waals surface area contributed by atoms with E-state index in [0.29, 0.717) is 17.9 Å². The van der Waals surface area contributed by atoms with Crippen LogP contribution in [-0.4, -0.2) is 21.5 Å². The van der Waals surface area contributed by atoms with E-state index in [2.05, 4.69) is 5.10 Å². The minimum Gasteiger partial charge on any atom is -0.489 e. The van der Waals surface area contributed by atoms with E-state index in [1.165, 1.54) is 12.3 Å². The van der Waals surface area contributed by atoms with Crippen LogP contribution in [0.3, 0.4) is 0 Å².